The smallest absolute Gasteiger partial charge is 0.125 e. The minimum absolute atomic E-state index is 0.504. The SMILES string of the molecule is COc1c(C)c(C)c(Br)c2c1CCNC2C1CCCC1. The van der Waals surface area contributed by atoms with Crippen LogP contribution in [0.3, 0.4) is 0 Å². The van der Waals surface area contributed by atoms with Crippen molar-refractivity contribution in [3.63, 3.8) is 0 Å². The quantitative estimate of drug-likeness (QED) is 0.860. The van der Waals surface area contributed by atoms with Crippen molar-refractivity contribution in [1.82, 2.24) is 5.32 Å². The molecule has 1 aliphatic carbocycles. The highest BCUT2D eigenvalue weighted by atomic mass is 79.9. The van der Waals surface area contributed by atoms with E-state index in [4.69, 9.17) is 4.74 Å². The van der Waals surface area contributed by atoms with Crippen LogP contribution in [0, 0.1) is 19.8 Å². The monoisotopic (exact) mass is 337 g/mol. The molecule has 0 bridgehead atoms. The van der Waals surface area contributed by atoms with Gasteiger partial charge in [0.1, 0.15) is 5.75 Å². The highest BCUT2D eigenvalue weighted by molar-refractivity contribution is 9.10. The van der Waals surface area contributed by atoms with Gasteiger partial charge < -0.3 is 10.1 Å². The second kappa shape index (κ2) is 5.69. The maximum atomic E-state index is 5.74. The van der Waals surface area contributed by atoms with Crippen LogP contribution in [0.5, 0.6) is 5.75 Å². The van der Waals surface area contributed by atoms with Gasteiger partial charge in [-0.25, -0.2) is 0 Å². The molecule has 1 fully saturated rings. The Hall–Kier alpha value is -0.540. The summed E-state index contributed by atoms with van der Waals surface area (Å²) in [6, 6.07) is 0.504. The van der Waals surface area contributed by atoms with E-state index in [1.54, 1.807) is 0 Å². The number of fused-ring (bicyclic) bond motifs is 1. The molecular weight excluding hydrogens is 314 g/mol. The summed E-state index contributed by atoms with van der Waals surface area (Å²) in [6.45, 7) is 5.44. The third-order valence-electron chi connectivity index (χ3n) is 5.19. The van der Waals surface area contributed by atoms with E-state index >= 15 is 0 Å². The standard InChI is InChI=1S/C17H24BrNO/c1-10-11(2)17(20-3)13-8-9-19-16(14(13)15(10)18)12-6-4-5-7-12/h12,16,19H,4-9H2,1-3H3. The van der Waals surface area contributed by atoms with Crippen molar-refractivity contribution in [2.24, 2.45) is 5.92 Å². The van der Waals surface area contributed by atoms with Crippen molar-refractivity contribution in [3.05, 3.63) is 26.7 Å². The highest BCUT2D eigenvalue weighted by Gasteiger charge is 2.34. The van der Waals surface area contributed by atoms with Crippen LogP contribution in [-0.4, -0.2) is 13.7 Å². The Balaban J connectivity index is 2.14. The van der Waals surface area contributed by atoms with Crippen LogP contribution in [0.1, 0.15) is 54.0 Å². The van der Waals surface area contributed by atoms with Gasteiger partial charge in [0.05, 0.1) is 7.11 Å². The Morgan fingerprint density at radius 2 is 1.85 bits per heavy atom. The van der Waals surface area contributed by atoms with E-state index in [-0.39, 0.29) is 0 Å². The predicted octanol–water partition coefficient (Wildman–Crippen LogP) is 4.45. The zero-order chi connectivity index (χ0) is 14.3. The third-order valence-corrected chi connectivity index (χ3v) is 6.22. The lowest BCUT2D eigenvalue weighted by molar-refractivity contribution is 0.343. The van der Waals surface area contributed by atoms with Crippen molar-refractivity contribution >= 4 is 15.9 Å². The van der Waals surface area contributed by atoms with Gasteiger partial charge in [-0.2, -0.15) is 0 Å². The molecular formula is C17H24BrNO. The van der Waals surface area contributed by atoms with Crippen LogP contribution in [0.2, 0.25) is 0 Å². The number of benzene rings is 1. The minimum Gasteiger partial charge on any atom is -0.496 e. The van der Waals surface area contributed by atoms with Gasteiger partial charge in [0.25, 0.3) is 0 Å². The molecule has 1 heterocycles. The van der Waals surface area contributed by atoms with Gasteiger partial charge >= 0.3 is 0 Å². The summed E-state index contributed by atoms with van der Waals surface area (Å²) in [4.78, 5) is 0. The number of nitrogens with one attached hydrogen (secondary N) is 1. The zero-order valence-corrected chi connectivity index (χ0v) is 14.3. The number of hydrogen-bond acceptors (Lipinski definition) is 2. The number of hydrogen-bond donors (Lipinski definition) is 1. The Labute approximate surface area is 130 Å². The molecule has 0 spiro atoms. The summed E-state index contributed by atoms with van der Waals surface area (Å²) in [7, 11) is 1.81. The molecule has 3 rings (SSSR count). The van der Waals surface area contributed by atoms with Crippen LogP contribution in [0.25, 0.3) is 0 Å². The van der Waals surface area contributed by atoms with Crippen molar-refractivity contribution in [2.75, 3.05) is 13.7 Å². The fraction of sp³-hybridized carbons (Fsp3) is 0.647. The van der Waals surface area contributed by atoms with Crippen molar-refractivity contribution < 1.29 is 4.74 Å². The van der Waals surface area contributed by atoms with E-state index in [0.29, 0.717) is 6.04 Å². The van der Waals surface area contributed by atoms with Crippen molar-refractivity contribution in [3.8, 4) is 5.75 Å². The van der Waals surface area contributed by atoms with E-state index in [1.807, 2.05) is 7.11 Å². The number of methoxy groups -OCH3 is 1. The van der Waals surface area contributed by atoms with E-state index < -0.39 is 0 Å². The average molecular weight is 338 g/mol. The lowest BCUT2D eigenvalue weighted by Crippen LogP contribution is -2.35. The maximum Gasteiger partial charge on any atom is 0.125 e. The first kappa shape index (κ1) is 14.4. The van der Waals surface area contributed by atoms with E-state index in [2.05, 4.69) is 35.1 Å². The summed E-state index contributed by atoms with van der Waals surface area (Å²) in [5.74, 6) is 1.90. The molecule has 2 nitrogen and oxygen atoms in total. The van der Waals surface area contributed by atoms with Gasteiger partial charge in [0, 0.05) is 16.1 Å². The number of halogens is 1. The number of rotatable bonds is 2. The maximum absolute atomic E-state index is 5.74. The molecule has 1 aromatic carbocycles. The van der Waals surface area contributed by atoms with E-state index in [9.17, 15) is 0 Å². The summed E-state index contributed by atoms with van der Waals surface area (Å²) in [5.41, 5.74) is 5.51. The third kappa shape index (κ3) is 2.19. The summed E-state index contributed by atoms with van der Waals surface area (Å²) < 4.78 is 7.04. The van der Waals surface area contributed by atoms with Gasteiger partial charge in [-0.05, 0) is 62.3 Å². The fourth-order valence-corrected chi connectivity index (χ4v) is 4.80. The van der Waals surface area contributed by atoms with Crippen LogP contribution in [0.4, 0.5) is 0 Å². The first-order valence-corrected chi connectivity index (χ1v) is 8.53. The highest BCUT2D eigenvalue weighted by Crippen LogP contribution is 2.46. The van der Waals surface area contributed by atoms with Gasteiger partial charge in [-0.15, -0.1) is 0 Å². The Bertz CT molecular complexity index is 520. The minimum atomic E-state index is 0.504. The molecule has 2 aliphatic rings. The topological polar surface area (TPSA) is 21.3 Å². The summed E-state index contributed by atoms with van der Waals surface area (Å²) in [5, 5.41) is 3.77. The van der Waals surface area contributed by atoms with Gasteiger partial charge in [-0.3, -0.25) is 0 Å². The van der Waals surface area contributed by atoms with Crippen LogP contribution >= 0.6 is 15.9 Å². The van der Waals surface area contributed by atoms with Gasteiger partial charge in [0.2, 0.25) is 0 Å². The first-order chi connectivity index (χ1) is 9.65. The molecule has 0 saturated heterocycles. The molecule has 3 heteroatoms. The average Bonchev–Trinajstić information content (AvgIpc) is 2.99. The molecule has 1 saturated carbocycles. The fourth-order valence-electron chi connectivity index (χ4n) is 4.01. The Morgan fingerprint density at radius 3 is 2.50 bits per heavy atom. The largest absolute Gasteiger partial charge is 0.496 e. The second-order valence-corrected chi connectivity index (χ2v) is 7.01. The molecule has 0 amide bonds. The van der Waals surface area contributed by atoms with Crippen LogP contribution in [-0.2, 0) is 6.42 Å². The first-order valence-electron chi connectivity index (χ1n) is 7.74. The van der Waals surface area contributed by atoms with Crippen molar-refractivity contribution in [2.45, 2.75) is 52.0 Å². The predicted molar refractivity (Wildman–Crippen MR) is 86.6 cm³/mol. The molecule has 1 N–H and O–H groups in total. The van der Waals surface area contributed by atoms with Gasteiger partial charge in [0.15, 0.2) is 0 Å². The van der Waals surface area contributed by atoms with E-state index in [1.165, 1.54) is 52.4 Å². The Morgan fingerprint density at radius 1 is 1.15 bits per heavy atom. The second-order valence-electron chi connectivity index (χ2n) is 6.22. The molecule has 0 aromatic heterocycles. The molecule has 20 heavy (non-hydrogen) atoms. The lowest BCUT2D eigenvalue weighted by atomic mass is 9.83. The normalized spacial score (nSPS) is 22.9. The molecule has 1 aliphatic heterocycles. The Kier molecular flexibility index (Phi) is 4.09. The number of ether oxygens (including phenoxy) is 1. The summed E-state index contributed by atoms with van der Waals surface area (Å²) >= 11 is 3.87. The van der Waals surface area contributed by atoms with Crippen LogP contribution in [0.15, 0.2) is 4.47 Å². The van der Waals surface area contributed by atoms with Crippen LogP contribution < -0.4 is 10.1 Å². The summed E-state index contributed by atoms with van der Waals surface area (Å²) in [6.07, 6.45) is 6.56. The van der Waals surface area contributed by atoms with Crippen molar-refractivity contribution in [1.29, 1.82) is 0 Å². The van der Waals surface area contributed by atoms with E-state index in [0.717, 1.165) is 24.6 Å². The zero-order valence-electron chi connectivity index (χ0n) is 12.7. The molecule has 1 aromatic rings. The molecule has 1 unspecified atom stereocenters. The van der Waals surface area contributed by atoms with Gasteiger partial charge in [-0.1, -0.05) is 28.8 Å². The molecule has 0 radical (unpaired) electrons. The molecule has 110 valence electrons. The lowest BCUT2D eigenvalue weighted by Gasteiger charge is -2.34. The molecule has 1 atom stereocenters.